The Kier molecular flexibility index (Phi) is 5.71. The van der Waals surface area contributed by atoms with Gasteiger partial charge in [0.15, 0.2) is 0 Å². The first-order chi connectivity index (χ1) is 5.95. The number of hydrogen-bond donors (Lipinski definition) is 0. The van der Waals surface area contributed by atoms with Crippen LogP contribution in [0.5, 0.6) is 0 Å². The van der Waals surface area contributed by atoms with E-state index < -0.39 is 0 Å². The Morgan fingerprint density at radius 3 is 2.23 bits per heavy atom. The first-order valence-corrected chi connectivity index (χ1v) is 4.76. The van der Waals surface area contributed by atoms with E-state index in [1.165, 1.54) is 0 Å². The summed E-state index contributed by atoms with van der Waals surface area (Å²) in [5.41, 5.74) is 0. The second-order valence-electron chi connectivity index (χ2n) is 4.00. The highest BCUT2D eigenvalue weighted by molar-refractivity contribution is 5.72. The molecule has 0 aromatic carbocycles. The number of likely N-dealkylation sites (N-methyl/N-ethyl adjacent to an activating group) is 1. The third-order valence-corrected chi connectivity index (χ3v) is 2.15. The summed E-state index contributed by atoms with van der Waals surface area (Å²) in [5, 5.41) is 0. The molecule has 0 fully saturated rings. The SMILES string of the molecule is CC(C)C(C)C(=O)OCCN(C)C. The monoisotopic (exact) mass is 187 g/mol. The van der Waals surface area contributed by atoms with Crippen LogP contribution in [0.15, 0.2) is 0 Å². The molecule has 0 aliphatic heterocycles. The fourth-order valence-electron chi connectivity index (χ4n) is 0.732. The highest BCUT2D eigenvalue weighted by Crippen LogP contribution is 2.10. The molecular weight excluding hydrogens is 166 g/mol. The fourth-order valence-corrected chi connectivity index (χ4v) is 0.732. The van der Waals surface area contributed by atoms with Crippen LogP contribution in [0.2, 0.25) is 0 Å². The summed E-state index contributed by atoms with van der Waals surface area (Å²) in [4.78, 5) is 13.3. The molecule has 0 heterocycles. The third kappa shape index (κ3) is 5.64. The molecule has 1 atom stereocenters. The number of carbonyl (C=O) groups is 1. The maximum Gasteiger partial charge on any atom is 0.308 e. The van der Waals surface area contributed by atoms with Crippen LogP contribution in [0.1, 0.15) is 20.8 Å². The Balaban J connectivity index is 3.62. The van der Waals surface area contributed by atoms with Gasteiger partial charge in [0.05, 0.1) is 5.92 Å². The molecule has 0 aliphatic carbocycles. The smallest absolute Gasteiger partial charge is 0.308 e. The number of hydrogen-bond acceptors (Lipinski definition) is 3. The van der Waals surface area contributed by atoms with Crippen molar-refractivity contribution < 1.29 is 9.53 Å². The van der Waals surface area contributed by atoms with E-state index in [1.54, 1.807) is 0 Å². The van der Waals surface area contributed by atoms with E-state index in [9.17, 15) is 4.79 Å². The molecule has 0 aromatic rings. The Morgan fingerprint density at radius 2 is 1.85 bits per heavy atom. The molecule has 1 unspecified atom stereocenters. The van der Waals surface area contributed by atoms with Gasteiger partial charge in [0.2, 0.25) is 0 Å². The number of nitrogens with zero attached hydrogens (tertiary/aromatic N) is 1. The maximum absolute atomic E-state index is 11.3. The molecule has 78 valence electrons. The van der Waals surface area contributed by atoms with Gasteiger partial charge in [-0.2, -0.15) is 0 Å². The van der Waals surface area contributed by atoms with E-state index in [2.05, 4.69) is 0 Å². The predicted octanol–water partition coefficient (Wildman–Crippen LogP) is 1.38. The summed E-state index contributed by atoms with van der Waals surface area (Å²) in [5.74, 6) is 0.269. The third-order valence-electron chi connectivity index (χ3n) is 2.15. The Morgan fingerprint density at radius 1 is 1.31 bits per heavy atom. The molecule has 0 saturated carbocycles. The van der Waals surface area contributed by atoms with Gasteiger partial charge in [0, 0.05) is 6.54 Å². The molecule has 0 radical (unpaired) electrons. The molecule has 3 heteroatoms. The van der Waals surface area contributed by atoms with Crippen LogP contribution in [-0.4, -0.2) is 38.1 Å². The first kappa shape index (κ1) is 12.4. The molecule has 0 rings (SSSR count). The molecular formula is C10H21NO2. The summed E-state index contributed by atoms with van der Waals surface area (Å²) in [6.45, 7) is 7.23. The minimum absolute atomic E-state index is 0.00200. The Labute approximate surface area is 81.1 Å². The molecule has 0 saturated heterocycles. The summed E-state index contributed by atoms with van der Waals surface area (Å²) in [7, 11) is 3.92. The number of ether oxygens (including phenoxy) is 1. The van der Waals surface area contributed by atoms with Crippen LogP contribution in [0.3, 0.4) is 0 Å². The summed E-state index contributed by atoms with van der Waals surface area (Å²) in [6, 6.07) is 0. The van der Waals surface area contributed by atoms with Crippen molar-refractivity contribution in [3.63, 3.8) is 0 Å². The molecule has 0 amide bonds. The maximum atomic E-state index is 11.3. The second kappa shape index (κ2) is 5.97. The standard InChI is InChI=1S/C10H21NO2/c1-8(2)9(3)10(12)13-7-6-11(4)5/h8-9H,6-7H2,1-5H3. The highest BCUT2D eigenvalue weighted by Gasteiger charge is 2.17. The van der Waals surface area contributed by atoms with Crippen LogP contribution < -0.4 is 0 Å². The Bertz CT molecular complexity index is 155. The number of esters is 1. The molecule has 0 aliphatic rings. The lowest BCUT2D eigenvalue weighted by Gasteiger charge is -2.15. The second-order valence-corrected chi connectivity index (χ2v) is 4.00. The van der Waals surface area contributed by atoms with Gasteiger partial charge in [-0.1, -0.05) is 20.8 Å². The van der Waals surface area contributed by atoms with Crippen LogP contribution in [0, 0.1) is 11.8 Å². The zero-order valence-electron chi connectivity index (χ0n) is 9.33. The van der Waals surface area contributed by atoms with Crippen molar-refractivity contribution in [3.8, 4) is 0 Å². The van der Waals surface area contributed by atoms with Gasteiger partial charge >= 0.3 is 5.97 Å². The zero-order valence-corrected chi connectivity index (χ0v) is 9.33. The van der Waals surface area contributed by atoms with Crippen molar-refractivity contribution in [3.05, 3.63) is 0 Å². The van der Waals surface area contributed by atoms with Crippen LogP contribution in [0.4, 0.5) is 0 Å². The van der Waals surface area contributed by atoms with Gasteiger partial charge in [0.25, 0.3) is 0 Å². The lowest BCUT2D eigenvalue weighted by molar-refractivity contribution is -0.149. The fraction of sp³-hybridized carbons (Fsp3) is 0.900. The van der Waals surface area contributed by atoms with Crippen LogP contribution in [0.25, 0.3) is 0 Å². The molecule has 13 heavy (non-hydrogen) atoms. The largest absolute Gasteiger partial charge is 0.464 e. The van der Waals surface area contributed by atoms with E-state index in [1.807, 2.05) is 39.8 Å². The predicted molar refractivity (Wildman–Crippen MR) is 53.5 cm³/mol. The summed E-state index contributed by atoms with van der Waals surface area (Å²) in [6.07, 6.45) is 0. The van der Waals surface area contributed by atoms with Gasteiger partial charge in [-0.25, -0.2) is 0 Å². The number of rotatable bonds is 5. The highest BCUT2D eigenvalue weighted by atomic mass is 16.5. The van der Waals surface area contributed by atoms with Crippen molar-refractivity contribution in [1.82, 2.24) is 4.90 Å². The van der Waals surface area contributed by atoms with Crippen molar-refractivity contribution in [1.29, 1.82) is 0 Å². The average Bonchev–Trinajstić information content (AvgIpc) is 2.02. The van der Waals surface area contributed by atoms with Gasteiger partial charge in [-0.05, 0) is 20.0 Å². The molecule has 0 spiro atoms. The van der Waals surface area contributed by atoms with Gasteiger partial charge in [-0.3, -0.25) is 4.79 Å². The average molecular weight is 187 g/mol. The van der Waals surface area contributed by atoms with Crippen molar-refractivity contribution in [2.24, 2.45) is 11.8 Å². The molecule has 3 nitrogen and oxygen atoms in total. The van der Waals surface area contributed by atoms with Gasteiger partial charge in [-0.15, -0.1) is 0 Å². The minimum atomic E-state index is -0.0862. The van der Waals surface area contributed by atoms with Gasteiger partial charge < -0.3 is 9.64 Å². The van der Waals surface area contributed by atoms with Crippen molar-refractivity contribution >= 4 is 5.97 Å². The lowest BCUT2D eigenvalue weighted by Crippen LogP contribution is -2.24. The minimum Gasteiger partial charge on any atom is -0.464 e. The van der Waals surface area contributed by atoms with Crippen molar-refractivity contribution in [2.75, 3.05) is 27.2 Å². The summed E-state index contributed by atoms with van der Waals surface area (Å²) >= 11 is 0. The molecule has 0 aromatic heterocycles. The van der Waals surface area contributed by atoms with Crippen LogP contribution >= 0.6 is 0 Å². The van der Waals surface area contributed by atoms with E-state index in [4.69, 9.17) is 4.74 Å². The normalized spacial score (nSPS) is 13.5. The van der Waals surface area contributed by atoms with Crippen molar-refractivity contribution in [2.45, 2.75) is 20.8 Å². The number of carbonyl (C=O) groups excluding carboxylic acids is 1. The topological polar surface area (TPSA) is 29.5 Å². The van der Waals surface area contributed by atoms with Crippen LogP contribution in [-0.2, 0) is 9.53 Å². The van der Waals surface area contributed by atoms with E-state index in [-0.39, 0.29) is 11.9 Å². The molecule has 0 bridgehead atoms. The molecule has 0 N–H and O–H groups in total. The zero-order chi connectivity index (χ0) is 10.4. The van der Waals surface area contributed by atoms with Gasteiger partial charge in [0.1, 0.15) is 6.61 Å². The van der Waals surface area contributed by atoms with E-state index in [0.29, 0.717) is 12.5 Å². The Hall–Kier alpha value is -0.570. The first-order valence-electron chi connectivity index (χ1n) is 4.76. The van der Waals surface area contributed by atoms with E-state index in [0.717, 1.165) is 6.54 Å². The lowest BCUT2D eigenvalue weighted by atomic mass is 9.99. The van der Waals surface area contributed by atoms with E-state index >= 15 is 0 Å². The quantitative estimate of drug-likeness (QED) is 0.609. The summed E-state index contributed by atoms with van der Waals surface area (Å²) < 4.78 is 5.10.